The minimum Gasteiger partial charge on any atom is -0.483 e. The first-order valence-corrected chi connectivity index (χ1v) is 12.0. The van der Waals surface area contributed by atoms with E-state index >= 15 is 0 Å². The van der Waals surface area contributed by atoms with E-state index in [0.717, 1.165) is 6.07 Å². The standard InChI is InChI=1S/C21H24ClF2N3O4S/c1-14-10-26(11-15-2-4-18(23)19(24)8-15)6-7-27(14)21(28)12-31-20-5-3-17(22)9-16(20)13-32(25,29)30/h2-5,8-9,14H,6-7,10-13H2,1H3,(H2,25,29,30)/t14-/m1/s1. The molecule has 1 fully saturated rings. The maximum Gasteiger partial charge on any atom is 0.260 e. The molecule has 2 aromatic carbocycles. The highest BCUT2D eigenvalue weighted by atomic mass is 35.5. The summed E-state index contributed by atoms with van der Waals surface area (Å²) in [6, 6.07) is 8.17. The summed E-state index contributed by atoms with van der Waals surface area (Å²) in [5.41, 5.74) is 0.932. The molecule has 1 aliphatic heterocycles. The average molecular weight is 488 g/mol. The molecule has 1 saturated heterocycles. The van der Waals surface area contributed by atoms with Gasteiger partial charge >= 0.3 is 0 Å². The number of piperazine rings is 1. The van der Waals surface area contributed by atoms with Gasteiger partial charge in [0.25, 0.3) is 5.91 Å². The van der Waals surface area contributed by atoms with Crippen LogP contribution >= 0.6 is 11.6 Å². The van der Waals surface area contributed by atoms with Crippen molar-refractivity contribution in [3.05, 3.63) is 64.2 Å². The number of benzene rings is 2. The van der Waals surface area contributed by atoms with E-state index in [9.17, 15) is 22.0 Å². The second kappa shape index (κ2) is 10.1. The van der Waals surface area contributed by atoms with Crippen LogP contribution in [0.5, 0.6) is 5.75 Å². The summed E-state index contributed by atoms with van der Waals surface area (Å²) in [6.07, 6.45) is 0. The van der Waals surface area contributed by atoms with Gasteiger partial charge in [0.05, 0.1) is 5.75 Å². The summed E-state index contributed by atoms with van der Waals surface area (Å²) >= 11 is 5.93. The Morgan fingerprint density at radius 1 is 1.19 bits per heavy atom. The molecule has 3 rings (SSSR count). The minimum atomic E-state index is -3.81. The fraction of sp³-hybridized carbons (Fsp3) is 0.381. The smallest absolute Gasteiger partial charge is 0.260 e. The first kappa shape index (κ1) is 24.4. The van der Waals surface area contributed by atoms with E-state index in [1.54, 1.807) is 11.0 Å². The first-order chi connectivity index (χ1) is 15.0. The first-order valence-electron chi connectivity index (χ1n) is 9.89. The number of sulfonamides is 1. The number of amides is 1. The maximum atomic E-state index is 13.4. The van der Waals surface area contributed by atoms with Crippen molar-refractivity contribution in [2.24, 2.45) is 5.14 Å². The van der Waals surface area contributed by atoms with Gasteiger partial charge < -0.3 is 9.64 Å². The summed E-state index contributed by atoms with van der Waals surface area (Å²) in [7, 11) is -3.81. The molecule has 11 heteroatoms. The molecule has 1 heterocycles. The fourth-order valence-corrected chi connectivity index (χ4v) is 4.54. The van der Waals surface area contributed by atoms with Crippen molar-refractivity contribution in [1.29, 1.82) is 0 Å². The molecule has 32 heavy (non-hydrogen) atoms. The van der Waals surface area contributed by atoms with Gasteiger partial charge in [0.1, 0.15) is 5.75 Å². The number of ether oxygens (including phenoxy) is 1. The topological polar surface area (TPSA) is 92.9 Å². The van der Waals surface area contributed by atoms with Crippen LogP contribution in [0, 0.1) is 11.6 Å². The molecule has 1 aliphatic rings. The Morgan fingerprint density at radius 3 is 2.59 bits per heavy atom. The van der Waals surface area contributed by atoms with Gasteiger partial charge in [-0.05, 0) is 42.8 Å². The van der Waals surface area contributed by atoms with Crippen molar-refractivity contribution in [2.75, 3.05) is 26.2 Å². The zero-order chi connectivity index (χ0) is 23.5. The van der Waals surface area contributed by atoms with E-state index in [0.29, 0.717) is 36.8 Å². The molecule has 2 N–H and O–H groups in total. The lowest BCUT2D eigenvalue weighted by Gasteiger charge is -2.39. The van der Waals surface area contributed by atoms with Gasteiger partial charge in [-0.3, -0.25) is 9.69 Å². The molecular formula is C21H24ClF2N3O4S. The number of carbonyl (C=O) groups is 1. The third kappa shape index (κ3) is 6.61. The summed E-state index contributed by atoms with van der Waals surface area (Å²) in [4.78, 5) is 16.5. The molecule has 1 atom stereocenters. The molecule has 0 bridgehead atoms. The number of carbonyl (C=O) groups excluding carboxylic acids is 1. The van der Waals surface area contributed by atoms with Gasteiger partial charge in [-0.1, -0.05) is 17.7 Å². The Morgan fingerprint density at radius 2 is 1.94 bits per heavy atom. The summed E-state index contributed by atoms with van der Waals surface area (Å²) in [5, 5.41) is 5.44. The number of hydrogen-bond donors (Lipinski definition) is 1. The van der Waals surface area contributed by atoms with E-state index in [1.165, 1.54) is 24.3 Å². The van der Waals surface area contributed by atoms with Crippen molar-refractivity contribution < 1.29 is 26.7 Å². The number of nitrogens with two attached hydrogens (primary N) is 1. The van der Waals surface area contributed by atoms with Gasteiger partial charge in [0.15, 0.2) is 18.2 Å². The predicted octanol–water partition coefficient (Wildman–Crippen LogP) is 2.52. The highest BCUT2D eigenvalue weighted by molar-refractivity contribution is 7.88. The molecule has 174 valence electrons. The van der Waals surface area contributed by atoms with Crippen molar-refractivity contribution in [3.63, 3.8) is 0 Å². The van der Waals surface area contributed by atoms with Crippen LogP contribution in [0.3, 0.4) is 0 Å². The minimum absolute atomic E-state index is 0.126. The van der Waals surface area contributed by atoms with Gasteiger partial charge in [-0.25, -0.2) is 22.3 Å². The van der Waals surface area contributed by atoms with Crippen LogP contribution in [0.25, 0.3) is 0 Å². The molecule has 0 unspecified atom stereocenters. The van der Waals surface area contributed by atoms with Crippen LogP contribution in [0.2, 0.25) is 5.02 Å². The molecule has 7 nitrogen and oxygen atoms in total. The monoisotopic (exact) mass is 487 g/mol. The zero-order valence-corrected chi connectivity index (χ0v) is 19.0. The average Bonchev–Trinajstić information content (AvgIpc) is 2.69. The summed E-state index contributed by atoms with van der Waals surface area (Å²) < 4.78 is 55.0. The van der Waals surface area contributed by atoms with E-state index in [2.05, 4.69) is 4.90 Å². The van der Waals surface area contributed by atoms with E-state index < -0.39 is 27.4 Å². The number of hydrogen-bond acceptors (Lipinski definition) is 5. The van der Waals surface area contributed by atoms with Gasteiger partial charge in [0, 0.05) is 42.8 Å². The van der Waals surface area contributed by atoms with Crippen LogP contribution in [0.15, 0.2) is 36.4 Å². The van der Waals surface area contributed by atoms with Gasteiger partial charge in [-0.15, -0.1) is 0 Å². The second-order valence-electron chi connectivity index (χ2n) is 7.77. The quantitative estimate of drug-likeness (QED) is 0.647. The van der Waals surface area contributed by atoms with E-state index in [4.69, 9.17) is 21.5 Å². The molecule has 0 saturated carbocycles. The molecular weight excluding hydrogens is 464 g/mol. The van der Waals surface area contributed by atoms with E-state index in [-0.39, 0.29) is 29.9 Å². The Hall–Kier alpha value is -2.27. The number of halogens is 3. The number of nitrogens with zero attached hydrogens (tertiary/aromatic N) is 2. The lowest BCUT2D eigenvalue weighted by Crippen LogP contribution is -2.54. The van der Waals surface area contributed by atoms with Crippen molar-refractivity contribution in [3.8, 4) is 5.75 Å². The van der Waals surface area contributed by atoms with Crippen LogP contribution in [0.4, 0.5) is 8.78 Å². The Bertz CT molecular complexity index is 1100. The second-order valence-corrected chi connectivity index (χ2v) is 9.82. The van der Waals surface area contributed by atoms with Crippen LogP contribution < -0.4 is 9.88 Å². The third-order valence-corrected chi connectivity index (χ3v) is 6.10. The van der Waals surface area contributed by atoms with E-state index in [1.807, 2.05) is 6.92 Å². The third-order valence-electron chi connectivity index (χ3n) is 5.15. The maximum absolute atomic E-state index is 13.4. The van der Waals surface area contributed by atoms with Crippen LogP contribution in [-0.4, -0.2) is 56.4 Å². The van der Waals surface area contributed by atoms with Crippen LogP contribution in [0.1, 0.15) is 18.1 Å². The normalized spacial score (nSPS) is 17.4. The van der Waals surface area contributed by atoms with Gasteiger partial charge in [-0.2, -0.15) is 0 Å². The molecule has 1 amide bonds. The molecule has 0 aliphatic carbocycles. The highest BCUT2D eigenvalue weighted by Crippen LogP contribution is 2.25. The van der Waals surface area contributed by atoms with Crippen molar-refractivity contribution in [2.45, 2.75) is 25.3 Å². The molecule has 0 radical (unpaired) electrons. The zero-order valence-electron chi connectivity index (χ0n) is 17.4. The summed E-state index contributed by atoms with van der Waals surface area (Å²) in [5.74, 6) is -2.25. The Balaban J connectivity index is 1.57. The highest BCUT2D eigenvalue weighted by Gasteiger charge is 2.28. The van der Waals surface area contributed by atoms with Crippen molar-refractivity contribution in [1.82, 2.24) is 9.80 Å². The SMILES string of the molecule is C[C@@H]1CN(Cc2ccc(F)c(F)c2)CCN1C(=O)COc1ccc(Cl)cc1CS(N)(=O)=O. The fourth-order valence-electron chi connectivity index (χ4n) is 3.68. The molecule has 0 spiro atoms. The Labute approximate surface area is 190 Å². The van der Waals surface area contributed by atoms with Crippen LogP contribution in [-0.2, 0) is 27.1 Å². The number of primary sulfonamides is 1. The van der Waals surface area contributed by atoms with Crippen molar-refractivity contribution >= 4 is 27.5 Å². The molecule has 0 aromatic heterocycles. The molecule has 2 aromatic rings. The van der Waals surface area contributed by atoms with Gasteiger partial charge in [0.2, 0.25) is 10.0 Å². The largest absolute Gasteiger partial charge is 0.483 e. The Kier molecular flexibility index (Phi) is 7.71. The predicted molar refractivity (Wildman–Crippen MR) is 117 cm³/mol. The summed E-state index contributed by atoms with van der Waals surface area (Å²) in [6.45, 7) is 3.63. The lowest BCUT2D eigenvalue weighted by molar-refractivity contribution is -0.138. The lowest BCUT2D eigenvalue weighted by atomic mass is 10.1. The number of rotatable bonds is 7.